The molecule has 1 heterocycles. The van der Waals surface area contributed by atoms with Crippen LogP contribution in [0.1, 0.15) is 57.9 Å². The number of hydrogen-bond acceptors (Lipinski definition) is 3. The minimum atomic E-state index is 0.332. The van der Waals surface area contributed by atoms with Crippen LogP contribution < -0.4 is 5.32 Å². The van der Waals surface area contributed by atoms with Gasteiger partial charge in [0.2, 0.25) is 0 Å². The van der Waals surface area contributed by atoms with Gasteiger partial charge in [0.05, 0.1) is 0 Å². The Bertz CT molecular complexity index is 489. The lowest BCUT2D eigenvalue weighted by molar-refractivity contribution is 0.304. The van der Waals surface area contributed by atoms with Gasteiger partial charge in [-0.2, -0.15) is 0 Å². The van der Waals surface area contributed by atoms with E-state index in [0.29, 0.717) is 17.1 Å². The van der Waals surface area contributed by atoms with E-state index >= 15 is 0 Å². The molecule has 0 aromatic carbocycles. The van der Waals surface area contributed by atoms with Gasteiger partial charge in [-0.25, -0.2) is 9.97 Å². The molecule has 1 aromatic heterocycles. The van der Waals surface area contributed by atoms with E-state index in [9.17, 15) is 0 Å². The molecule has 4 atom stereocenters. The molecule has 0 amide bonds. The number of fused-ring (bicyclic) bond motifs is 2. The van der Waals surface area contributed by atoms with Gasteiger partial charge in [-0.05, 0) is 49.9 Å². The van der Waals surface area contributed by atoms with Crippen molar-refractivity contribution in [2.45, 2.75) is 58.4 Å². The Balaban J connectivity index is 1.76. The van der Waals surface area contributed by atoms with E-state index in [0.717, 1.165) is 29.1 Å². The summed E-state index contributed by atoms with van der Waals surface area (Å²) in [6.45, 7) is 6.57. The summed E-state index contributed by atoms with van der Waals surface area (Å²) in [7, 11) is 0. The highest BCUT2D eigenvalue weighted by atomic mass is 35.5. The minimum Gasteiger partial charge on any atom is -0.367 e. The topological polar surface area (TPSA) is 37.8 Å². The summed E-state index contributed by atoms with van der Waals surface area (Å²) in [5.74, 6) is 3.95. The predicted molar refractivity (Wildman–Crippen MR) is 83.2 cm³/mol. The third kappa shape index (κ3) is 2.52. The average Bonchev–Trinajstić information content (AvgIpc) is 3.00. The number of halogens is 1. The fraction of sp³-hybridized carbons (Fsp3) is 0.750. The van der Waals surface area contributed by atoms with Crippen molar-refractivity contribution in [3.8, 4) is 0 Å². The van der Waals surface area contributed by atoms with Crippen LogP contribution >= 0.6 is 11.6 Å². The van der Waals surface area contributed by atoms with Crippen molar-refractivity contribution in [3.05, 3.63) is 17.0 Å². The monoisotopic (exact) mass is 293 g/mol. The van der Waals surface area contributed by atoms with Crippen LogP contribution in [0.4, 0.5) is 5.82 Å². The van der Waals surface area contributed by atoms with E-state index in [1.165, 1.54) is 25.7 Å². The Morgan fingerprint density at radius 1 is 1.20 bits per heavy atom. The normalized spacial score (nSPS) is 29.9. The molecule has 0 saturated heterocycles. The van der Waals surface area contributed by atoms with Gasteiger partial charge in [0.25, 0.3) is 0 Å². The molecule has 2 aliphatic carbocycles. The van der Waals surface area contributed by atoms with Gasteiger partial charge < -0.3 is 5.32 Å². The lowest BCUT2D eigenvalue weighted by Gasteiger charge is -2.29. The van der Waals surface area contributed by atoms with Crippen LogP contribution in [0.3, 0.4) is 0 Å². The zero-order chi connectivity index (χ0) is 14.3. The molecule has 2 bridgehead atoms. The molecule has 4 unspecified atom stereocenters. The van der Waals surface area contributed by atoms with Gasteiger partial charge in [0.15, 0.2) is 0 Å². The highest BCUT2D eigenvalue weighted by molar-refractivity contribution is 6.30. The molecule has 20 heavy (non-hydrogen) atoms. The molecule has 0 spiro atoms. The molecule has 0 aliphatic heterocycles. The number of aromatic nitrogens is 2. The van der Waals surface area contributed by atoms with Crippen LogP contribution in [0.5, 0.6) is 0 Å². The first kappa shape index (κ1) is 14.1. The highest BCUT2D eigenvalue weighted by Gasteiger charge is 2.42. The Morgan fingerprint density at radius 3 is 2.60 bits per heavy atom. The predicted octanol–water partition coefficient (Wildman–Crippen LogP) is 4.49. The largest absolute Gasteiger partial charge is 0.367 e. The average molecular weight is 294 g/mol. The maximum atomic E-state index is 6.24. The SMILES string of the molecule is CC(C)c1c(Cl)ncnc1NC(C)C1CC2CCC1C2. The first-order valence-electron chi connectivity index (χ1n) is 7.83. The first-order chi connectivity index (χ1) is 9.56. The quantitative estimate of drug-likeness (QED) is 0.831. The van der Waals surface area contributed by atoms with Crippen LogP contribution in [-0.4, -0.2) is 16.0 Å². The fourth-order valence-electron chi connectivity index (χ4n) is 4.23. The summed E-state index contributed by atoms with van der Waals surface area (Å²) < 4.78 is 0. The molecule has 0 radical (unpaired) electrons. The minimum absolute atomic E-state index is 0.332. The van der Waals surface area contributed by atoms with E-state index in [2.05, 4.69) is 36.1 Å². The maximum absolute atomic E-state index is 6.24. The van der Waals surface area contributed by atoms with Crippen molar-refractivity contribution in [1.82, 2.24) is 9.97 Å². The van der Waals surface area contributed by atoms with Crippen LogP contribution in [-0.2, 0) is 0 Å². The van der Waals surface area contributed by atoms with Gasteiger partial charge >= 0.3 is 0 Å². The van der Waals surface area contributed by atoms with Crippen LogP contribution in [0, 0.1) is 17.8 Å². The number of anilines is 1. The first-order valence-corrected chi connectivity index (χ1v) is 8.21. The lowest BCUT2D eigenvalue weighted by Crippen LogP contribution is -2.30. The second kappa shape index (κ2) is 5.51. The van der Waals surface area contributed by atoms with Crippen molar-refractivity contribution in [3.63, 3.8) is 0 Å². The second-order valence-corrected chi connectivity index (χ2v) is 7.21. The molecular formula is C16H24ClN3. The van der Waals surface area contributed by atoms with Gasteiger partial charge in [-0.1, -0.05) is 31.9 Å². The van der Waals surface area contributed by atoms with E-state index < -0.39 is 0 Å². The Hall–Kier alpha value is -0.830. The van der Waals surface area contributed by atoms with Gasteiger partial charge in [0.1, 0.15) is 17.3 Å². The zero-order valence-electron chi connectivity index (χ0n) is 12.6. The van der Waals surface area contributed by atoms with E-state index in [1.54, 1.807) is 6.33 Å². The van der Waals surface area contributed by atoms with E-state index in [-0.39, 0.29) is 0 Å². The molecule has 3 nitrogen and oxygen atoms in total. The third-order valence-corrected chi connectivity index (χ3v) is 5.51. The highest BCUT2D eigenvalue weighted by Crippen LogP contribution is 2.50. The molecule has 3 rings (SSSR count). The zero-order valence-corrected chi connectivity index (χ0v) is 13.3. The maximum Gasteiger partial charge on any atom is 0.138 e. The summed E-state index contributed by atoms with van der Waals surface area (Å²) in [6.07, 6.45) is 7.25. The van der Waals surface area contributed by atoms with Crippen molar-refractivity contribution in [1.29, 1.82) is 0 Å². The Labute approximate surface area is 126 Å². The molecule has 4 heteroatoms. The number of rotatable bonds is 4. The number of hydrogen-bond donors (Lipinski definition) is 1. The van der Waals surface area contributed by atoms with Crippen molar-refractivity contribution in [2.75, 3.05) is 5.32 Å². The smallest absolute Gasteiger partial charge is 0.138 e. The second-order valence-electron chi connectivity index (χ2n) is 6.85. The summed E-state index contributed by atoms with van der Waals surface area (Å²) >= 11 is 6.24. The molecule has 1 aromatic rings. The molecule has 110 valence electrons. The summed E-state index contributed by atoms with van der Waals surface area (Å²) in [5, 5.41) is 4.21. The van der Waals surface area contributed by atoms with Gasteiger partial charge in [0, 0.05) is 11.6 Å². The summed E-state index contributed by atoms with van der Waals surface area (Å²) in [4.78, 5) is 8.55. The molecule has 2 aliphatic rings. The lowest BCUT2D eigenvalue weighted by atomic mass is 9.84. The Kier molecular flexibility index (Phi) is 3.89. The summed E-state index contributed by atoms with van der Waals surface area (Å²) in [5.41, 5.74) is 1.05. The molecule has 2 saturated carbocycles. The van der Waals surface area contributed by atoms with Crippen molar-refractivity contribution >= 4 is 17.4 Å². The molecule has 2 fully saturated rings. The Morgan fingerprint density at radius 2 is 2.00 bits per heavy atom. The van der Waals surface area contributed by atoms with Crippen molar-refractivity contribution < 1.29 is 0 Å². The van der Waals surface area contributed by atoms with Gasteiger partial charge in [-0.15, -0.1) is 0 Å². The molecule has 1 N–H and O–H groups in total. The van der Waals surface area contributed by atoms with Crippen LogP contribution in [0.25, 0.3) is 0 Å². The van der Waals surface area contributed by atoms with E-state index in [4.69, 9.17) is 11.6 Å². The standard InChI is InChI=1S/C16H24ClN3/c1-9(2)14-15(17)18-8-19-16(14)20-10(3)13-7-11-4-5-12(13)6-11/h8-13H,4-7H2,1-3H3,(H,18,19,20). The molecular weight excluding hydrogens is 270 g/mol. The number of nitrogens with one attached hydrogen (secondary N) is 1. The summed E-state index contributed by atoms with van der Waals surface area (Å²) in [6, 6.07) is 0.466. The fourth-order valence-corrected chi connectivity index (χ4v) is 4.58. The number of nitrogens with zero attached hydrogens (tertiary/aromatic N) is 2. The van der Waals surface area contributed by atoms with Crippen LogP contribution in [0.15, 0.2) is 6.33 Å². The van der Waals surface area contributed by atoms with E-state index in [1.807, 2.05) is 0 Å². The third-order valence-electron chi connectivity index (χ3n) is 5.21. The van der Waals surface area contributed by atoms with Crippen LogP contribution in [0.2, 0.25) is 5.15 Å². The van der Waals surface area contributed by atoms with Crippen molar-refractivity contribution in [2.24, 2.45) is 17.8 Å². The van der Waals surface area contributed by atoms with Gasteiger partial charge in [-0.3, -0.25) is 0 Å².